The maximum absolute atomic E-state index is 14.1. The highest BCUT2D eigenvalue weighted by atomic mass is 16.1. The molecule has 9 rings (SSSR count). The van der Waals surface area contributed by atoms with E-state index in [9.17, 15) is 4.79 Å². The lowest BCUT2D eigenvalue weighted by molar-refractivity contribution is 1.18. The Morgan fingerprint density at radius 1 is 0.410 bits per heavy atom. The monoisotopic (exact) mass is 495 g/mol. The van der Waals surface area contributed by atoms with Crippen molar-refractivity contribution in [3.63, 3.8) is 0 Å². The second-order valence-electron chi connectivity index (χ2n) is 10.4. The summed E-state index contributed by atoms with van der Waals surface area (Å²) in [5.41, 5.74) is 5.61. The van der Waals surface area contributed by atoms with E-state index < -0.39 is 0 Å². The third kappa shape index (κ3) is 2.63. The molecule has 2 heteroatoms. The van der Waals surface area contributed by atoms with Gasteiger partial charge in [0.2, 0.25) is 0 Å². The SMILES string of the molecule is O=c1c2cccc3c4ccccc4c4ccc(-c5ccc6c7ccccc7n(-c7ccccc7)c6c5)c1c4c23. The average molecular weight is 496 g/mol. The van der Waals surface area contributed by atoms with Gasteiger partial charge in [-0.3, -0.25) is 4.79 Å². The molecule has 0 aliphatic carbocycles. The third-order valence-corrected chi connectivity index (χ3v) is 8.50. The number of rotatable bonds is 2. The van der Waals surface area contributed by atoms with Crippen LogP contribution in [0.5, 0.6) is 0 Å². The maximum Gasteiger partial charge on any atom is 0.194 e. The molecule has 0 amide bonds. The van der Waals surface area contributed by atoms with Gasteiger partial charge in [0.05, 0.1) is 11.0 Å². The molecule has 0 fully saturated rings. The molecule has 2 nitrogen and oxygen atoms in total. The van der Waals surface area contributed by atoms with Crippen LogP contribution in [0.1, 0.15) is 0 Å². The molecule has 0 radical (unpaired) electrons. The van der Waals surface area contributed by atoms with Gasteiger partial charge in [-0.05, 0) is 56.9 Å². The molecule has 1 aromatic heterocycles. The minimum atomic E-state index is 0.121. The Kier molecular flexibility index (Phi) is 3.96. The molecular formula is C37H21NO. The van der Waals surface area contributed by atoms with Gasteiger partial charge in [0, 0.05) is 38.0 Å². The average Bonchev–Trinajstić information content (AvgIpc) is 3.49. The van der Waals surface area contributed by atoms with Crippen molar-refractivity contribution in [2.24, 2.45) is 0 Å². The van der Waals surface area contributed by atoms with Gasteiger partial charge in [0.1, 0.15) is 0 Å². The first-order chi connectivity index (χ1) is 19.3. The van der Waals surface area contributed by atoms with Crippen LogP contribution in [0.2, 0.25) is 0 Å². The van der Waals surface area contributed by atoms with Gasteiger partial charge in [-0.1, -0.05) is 103 Å². The molecule has 0 saturated carbocycles. The van der Waals surface area contributed by atoms with Crippen LogP contribution in [0.15, 0.2) is 132 Å². The fraction of sp³-hybridized carbons (Fsp3) is 0. The summed E-state index contributed by atoms with van der Waals surface area (Å²) in [6.45, 7) is 0. The molecule has 0 N–H and O–H groups in total. The van der Waals surface area contributed by atoms with E-state index in [1.165, 1.54) is 27.1 Å². The van der Waals surface area contributed by atoms with Crippen molar-refractivity contribution in [1.29, 1.82) is 0 Å². The Labute approximate surface area is 223 Å². The molecule has 0 aliphatic rings. The van der Waals surface area contributed by atoms with Crippen LogP contribution in [0.25, 0.3) is 81.7 Å². The van der Waals surface area contributed by atoms with E-state index in [1.807, 2.05) is 18.2 Å². The normalized spacial score (nSPS) is 12.2. The van der Waals surface area contributed by atoms with Crippen LogP contribution < -0.4 is 5.43 Å². The second kappa shape index (κ2) is 7.43. The highest BCUT2D eigenvalue weighted by Crippen LogP contribution is 2.44. The first-order valence-corrected chi connectivity index (χ1v) is 13.3. The number of hydrogen-bond donors (Lipinski definition) is 0. The quantitative estimate of drug-likeness (QED) is 0.219. The number of para-hydroxylation sites is 2. The standard InChI is InChI=1S/C37H21NO/c39-37-31-15-8-14-29-25-11-4-5-12-26(25)30-20-19-24(36(37)35(30)34(29)31)22-17-18-28-27-13-6-7-16-32(27)38(33(28)21-22)23-9-2-1-3-10-23/h1-21H. The minimum absolute atomic E-state index is 0.121. The number of aromatic nitrogens is 1. The molecule has 0 aliphatic heterocycles. The van der Waals surface area contributed by atoms with Crippen molar-refractivity contribution in [2.45, 2.75) is 0 Å². The highest BCUT2D eigenvalue weighted by molar-refractivity contribution is 6.36. The van der Waals surface area contributed by atoms with Crippen LogP contribution in [-0.2, 0) is 0 Å². The van der Waals surface area contributed by atoms with Crippen molar-refractivity contribution in [3.05, 3.63) is 138 Å². The van der Waals surface area contributed by atoms with Crippen molar-refractivity contribution in [3.8, 4) is 16.8 Å². The van der Waals surface area contributed by atoms with Gasteiger partial charge in [0.25, 0.3) is 0 Å². The van der Waals surface area contributed by atoms with E-state index >= 15 is 0 Å². The van der Waals surface area contributed by atoms with Gasteiger partial charge in [-0.2, -0.15) is 0 Å². The molecule has 9 aromatic rings. The number of benzene rings is 7. The van der Waals surface area contributed by atoms with Crippen LogP contribution in [-0.4, -0.2) is 4.57 Å². The summed E-state index contributed by atoms with van der Waals surface area (Å²) in [7, 11) is 0. The molecule has 0 bridgehead atoms. The van der Waals surface area contributed by atoms with Crippen molar-refractivity contribution in [1.82, 2.24) is 4.57 Å². The van der Waals surface area contributed by atoms with Crippen molar-refractivity contribution < 1.29 is 0 Å². The zero-order valence-corrected chi connectivity index (χ0v) is 21.0. The smallest absolute Gasteiger partial charge is 0.194 e. The predicted molar refractivity (Wildman–Crippen MR) is 165 cm³/mol. The predicted octanol–water partition coefficient (Wildman–Crippen LogP) is 9.30. The summed E-state index contributed by atoms with van der Waals surface area (Å²) in [6, 6.07) is 44.7. The fourth-order valence-corrected chi connectivity index (χ4v) is 6.88. The number of fused-ring (bicyclic) bond motifs is 6. The first kappa shape index (κ1) is 20.8. The lowest BCUT2D eigenvalue weighted by atomic mass is 9.91. The van der Waals surface area contributed by atoms with E-state index in [1.54, 1.807) is 0 Å². The number of nitrogens with zero attached hydrogens (tertiary/aromatic N) is 1. The van der Waals surface area contributed by atoms with E-state index in [0.29, 0.717) is 0 Å². The second-order valence-corrected chi connectivity index (χ2v) is 10.4. The summed E-state index contributed by atoms with van der Waals surface area (Å²) >= 11 is 0. The molecule has 0 unspecified atom stereocenters. The summed E-state index contributed by atoms with van der Waals surface area (Å²) in [6.07, 6.45) is 0. The van der Waals surface area contributed by atoms with E-state index in [0.717, 1.165) is 54.6 Å². The third-order valence-electron chi connectivity index (χ3n) is 8.50. The Hall–Kier alpha value is -5.21. The van der Waals surface area contributed by atoms with Crippen LogP contribution in [0.4, 0.5) is 0 Å². The topological polar surface area (TPSA) is 22.0 Å². The zero-order valence-electron chi connectivity index (χ0n) is 21.0. The summed E-state index contributed by atoms with van der Waals surface area (Å²) in [5, 5.41) is 10.9. The van der Waals surface area contributed by atoms with Crippen molar-refractivity contribution >= 4 is 64.9 Å². The molecule has 1 heterocycles. The molecule has 8 aromatic carbocycles. The molecule has 0 spiro atoms. The fourth-order valence-electron chi connectivity index (χ4n) is 6.88. The Morgan fingerprint density at radius 3 is 1.85 bits per heavy atom. The molecule has 0 saturated heterocycles. The summed E-state index contributed by atoms with van der Waals surface area (Å²) in [4.78, 5) is 14.1. The van der Waals surface area contributed by atoms with Gasteiger partial charge in [-0.25, -0.2) is 0 Å². The van der Waals surface area contributed by atoms with Crippen LogP contribution >= 0.6 is 0 Å². The zero-order chi connectivity index (χ0) is 25.7. The van der Waals surface area contributed by atoms with Gasteiger partial charge in [0.15, 0.2) is 5.43 Å². The molecule has 0 atom stereocenters. The molecule has 39 heavy (non-hydrogen) atoms. The van der Waals surface area contributed by atoms with Gasteiger partial charge < -0.3 is 4.57 Å². The van der Waals surface area contributed by atoms with Crippen LogP contribution in [0, 0.1) is 0 Å². The van der Waals surface area contributed by atoms with Gasteiger partial charge in [-0.15, -0.1) is 0 Å². The Morgan fingerprint density at radius 2 is 1.03 bits per heavy atom. The van der Waals surface area contributed by atoms with Crippen molar-refractivity contribution in [2.75, 3.05) is 0 Å². The largest absolute Gasteiger partial charge is 0.309 e. The van der Waals surface area contributed by atoms with E-state index in [-0.39, 0.29) is 5.43 Å². The first-order valence-electron chi connectivity index (χ1n) is 13.3. The Balaban J connectivity index is 1.43. The summed E-state index contributed by atoms with van der Waals surface area (Å²) in [5.74, 6) is 0. The minimum Gasteiger partial charge on any atom is -0.309 e. The van der Waals surface area contributed by atoms with Gasteiger partial charge >= 0.3 is 0 Å². The van der Waals surface area contributed by atoms with E-state index in [2.05, 4.69) is 114 Å². The number of hydrogen-bond acceptors (Lipinski definition) is 1. The maximum atomic E-state index is 14.1. The molecular weight excluding hydrogens is 474 g/mol. The molecule has 180 valence electrons. The Bertz CT molecular complexity index is 2450. The van der Waals surface area contributed by atoms with E-state index in [4.69, 9.17) is 0 Å². The summed E-state index contributed by atoms with van der Waals surface area (Å²) < 4.78 is 2.33. The van der Waals surface area contributed by atoms with Crippen LogP contribution in [0.3, 0.4) is 0 Å². The lowest BCUT2D eigenvalue weighted by Gasteiger charge is -2.12. The lowest BCUT2D eigenvalue weighted by Crippen LogP contribution is -1.97. The highest BCUT2D eigenvalue weighted by Gasteiger charge is 2.22.